The molecule has 0 spiro atoms. The van der Waals surface area contributed by atoms with Crippen molar-refractivity contribution in [1.82, 2.24) is 24.1 Å². The molecule has 5 aromatic carbocycles. The molecule has 1 aliphatic carbocycles. The highest BCUT2D eigenvalue weighted by Crippen LogP contribution is 2.39. The minimum Gasteiger partial charge on any atom is -0.309 e. The molecule has 1 aliphatic rings. The van der Waals surface area contributed by atoms with Crippen molar-refractivity contribution in [2.24, 2.45) is 0 Å². The van der Waals surface area contributed by atoms with Gasteiger partial charge < -0.3 is 4.57 Å². The number of hydrogen-bond donors (Lipinski definition) is 0. The highest BCUT2D eigenvalue weighted by atomic mass is 15.2. The normalized spacial score (nSPS) is 13.3. The third-order valence-corrected chi connectivity index (χ3v) is 8.64. The molecule has 5 nitrogen and oxygen atoms in total. The van der Waals surface area contributed by atoms with Gasteiger partial charge in [-0.2, -0.15) is 9.97 Å². The molecular weight excluding hydrogens is 538 g/mol. The second kappa shape index (κ2) is 9.89. The minimum absolute atomic E-state index is 0.622. The molecule has 0 fully saturated rings. The minimum atomic E-state index is 0.622. The van der Waals surface area contributed by atoms with Crippen LogP contribution in [0.3, 0.4) is 0 Å². The smallest absolute Gasteiger partial charge is 0.238 e. The van der Waals surface area contributed by atoms with E-state index in [0.29, 0.717) is 11.8 Å². The van der Waals surface area contributed by atoms with E-state index in [-0.39, 0.29) is 0 Å². The van der Waals surface area contributed by atoms with Crippen LogP contribution < -0.4 is 0 Å². The summed E-state index contributed by atoms with van der Waals surface area (Å²) in [6.45, 7) is 0. The van der Waals surface area contributed by atoms with Crippen LogP contribution in [0.25, 0.3) is 72.2 Å². The summed E-state index contributed by atoms with van der Waals surface area (Å²) in [6.07, 6.45) is 8.30. The summed E-state index contributed by atoms with van der Waals surface area (Å²) in [7, 11) is 0. The Morgan fingerprint density at radius 1 is 0.500 bits per heavy atom. The molecule has 0 saturated heterocycles. The van der Waals surface area contributed by atoms with E-state index in [9.17, 15) is 0 Å². The van der Waals surface area contributed by atoms with E-state index in [1.54, 1.807) is 0 Å². The van der Waals surface area contributed by atoms with Crippen molar-refractivity contribution in [2.75, 3.05) is 0 Å². The van der Waals surface area contributed by atoms with Gasteiger partial charge in [0.2, 0.25) is 5.95 Å². The van der Waals surface area contributed by atoms with E-state index in [4.69, 9.17) is 15.0 Å². The molecule has 8 aromatic rings. The highest BCUT2D eigenvalue weighted by molar-refractivity contribution is 6.19. The van der Waals surface area contributed by atoms with Crippen LogP contribution in [0.4, 0.5) is 0 Å². The number of hydrogen-bond acceptors (Lipinski definition) is 3. The van der Waals surface area contributed by atoms with Gasteiger partial charge in [-0.15, -0.1) is 0 Å². The van der Waals surface area contributed by atoms with Crippen molar-refractivity contribution in [1.29, 1.82) is 0 Å². The molecule has 0 N–H and O–H groups in total. The van der Waals surface area contributed by atoms with Gasteiger partial charge >= 0.3 is 0 Å². The van der Waals surface area contributed by atoms with Crippen LogP contribution in [0, 0.1) is 0 Å². The highest BCUT2D eigenvalue weighted by Gasteiger charge is 2.21. The van der Waals surface area contributed by atoms with Crippen molar-refractivity contribution in [3.63, 3.8) is 0 Å². The Hall–Kier alpha value is -5.81. The van der Waals surface area contributed by atoms with Crippen LogP contribution in [0.1, 0.15) is 18.7 Å². The third-order valence-electron chi connectivity index (χ3n) is 8.64. The van der Waals surface area contributed by atoms with E-state index >= 15 is 0 Å². The van der Waals surface area contributed by atoms with Crippen LogP contribution in [0.5, 0.6) is 0 Å². The van der Waals surface area contributed by atoms with Gasteiger partial charge in [-0.05, 0) is 54.8 Å². The van der Waals surface area contributed by atoms with Gasteiger partial charge in [0.1, 0.15) is 0 Å². The molecule has 208 valence electrons. The molecular formula is C39H27N5. The Kier molecular flexibility index (Phi) is 5.56. The molecule has 0 saturated carbocycles. The van der Waals surface area contributed by atoms with Gasteiger partial charge in [0.05, 0.1) is 22.1 Å². The Morgan fingerprint density at radius 2 is 1.11 bits per heavy atom. The lowest BCUT2D eigenvalue weighted by molar-refractivity contribution is 0.913. The predicted octanol–water partition coefficient (Wildman–Crippen LogP) is 9.47. The van der Waals surface area contributed by atoms with Gasteiger partial charge in [-0.25, -0.2) is 4.98 Å². The summed E-state index contributed by atoms with van der Waals surface area (Å²) in [4.78, 5) is 15.3. The van der Waals surface area contributed by atoms with E-state index in [0.717, 1.165) is 52.0 Å². The summed E-state index contributed by atoms with van der Waals surface area (Å²) in [5, 5.41) is 4.80. The molecule has 0 bridgehead atoms. The molecule has 0 unspecified atom stereocenters. The third kappa shape index (κ3) is 3.83. The van der Waals surface area contributed by atoms with Gasteiger partial charge in [-0.3, -0.25) is 4.57 Å². The molecule has 9 rings (SSSR count). The first-order valence-corrected chi connectivity index (χ1v) is 15.0. The summed E-state index contributed by atoms with van der Waals surface area (Å²) in [5.41, 5.74) is 7.69. The predicted molar refractivity (Wildman–Crippen MR) is 180 cm³/mol. The first kappa shape index (κ1) is 24.8. The Morgan fingerprint density at radius 3 is 1.82 bits per heavy atom. The molecule has 0 amide bonds. The molecule has 5 heteroatoms. The van der Waals surface area contributed by atoms with Crippen molar-refractivity contribution < 1.29 is 0 Å². The van der Waals surface area contributed by atoms with Crippen molar-refractivity contribution in [3.05, 3.63) is 145 Å². The first-order chi connectivity index (χ1) is 21.8. The zero-order chi connectivity index (χ0) is 29.0. The maximum absolute atomic E-state index is 5.16. The largest absolute Gasteiger partial charge is 0.309 e. The summed E-state index contributed by atoms with van der Waals surface area (Å²) < 4.78 is 4.58. The number of fused-ring (bicyclic) bond motifs is 6. The first-order valence-electron chi connectivity index (χ1n) is 15.0. The second-order valence-corrected chi connectivity index (χ2v) is 11.2. The number of nitrogens with zero attached hydrogens (tertiary/aromatic N) is 5. The standard InChI is InChI=1S/C39H27N5/c1-4-14-26(15-5-1)37-40-38(27-16-6-2-7-17-27)42-39(41-37)44-34-23-13-11-21-30(34)32-24-31-29-20-10-12-22-33(29)43(35(31)25-36(32)44)28-18-8-3-9-19-28/h1-6,8-16,18-25H,7,17H2. The van der Waals surface area contributed by atoms with Crippen molar-refractivity contribution >= 4 is 49.2 Å². The zero-order valence-electron chi connectivity index (χ0n) is 23.9. The monoisotopic (exact) mass is 565 g/mol. The van der Waals surface area contributed by atoms with Crippen LogP contribution >= 0.6 is 0 Å². The molecule has 3 aromatic heterocycles. The average Bonchev–Trinajstić information content (AvgIpc) is 3.60. The van der Waals surface area contributed by atoms with E-state index in [1.165, 1.54) is 27.1 Å². The average molecular weight is 566 g/mol. The van der Waals surface area contributed by atoms with Gasteiger partial charge in [0.25, 0.3) is 0 Å². The second-order valence-electron chi connectivity index (χ2n) is 11.2. The number of para-hydroxylation sites is 3. The van der Waals surface area contributed by atoms with Gasteiger partial charge in [0, 0.05) is 32.8 Å². The van der Waals surface area contributed by atoms with E-state index in [2.05, 4.69) is 130 Å². The molecule has 0 atom stereocenters. The summed E-state index contributed by atoms with van der Waals surface area (Å²) >= 11 is 0. The lowest BCUT2D eigenvalue weighted by atomic mass is 10.0. The maximum Gasteiger partial charge on any atom is 0.238 e. The fourth-order valence-corrected chi connectivity index (χ4v) is 6.62. The fourth-order valence-electron chi connectivity index (χ4n) is 6.62. The van der Waals surface area contributed by atoms with Crippen LogP contribution in [0.15, 0.2) is 140 Å². The summed E-state index contributed by atoms with van der Waals surface area (Å²) in [5.74, 6) is 2.02. The van der Waals surface area contributed by atoms with Crippen LogP contribution in [-0.2, 0) is 0 Å². The van der Waals surface area contributed by atoms with Crippen LogP contribution in [-0.4, -0.2) is 24.1 Å². The SMILES string of the molecule is C1=CCCC(c2nc(-c3ccccc3)nc(-n3c4ccccc4c4cc5c6ccccc6n(-c6ccccc6)c5cc43)n2)=C1. The maximum atomic E-state index is 5.16. The van der Waals surface area contributed by atoms with Gasteiger partial charge in [-0.1, -0.05) is 103 Å². The van der Waals surface area contributed by atoms with E-state index < -0.39 is 0 Å². The fraction of sp³-hybridized carbons (Fsp3) is 0.0513. The zero-order valence-corrected chi connectivity index (χ0v) is 23.9. The van der Waals surface area contributed by atoms with E-state index in [1.807, 2.05) is 18.2 Å². The number of rotatable bonds is 4. The summed E-state index contributed by atoms with van der Waals surface area (Å²) in [6, 6.07) is 42.7. The molecule has 0 aliphatic heterocycles. The lowest BCUT2D eigenvalue weighted by Crippen LogP contribution is -2.08. The Balaban J connectivity index is 1.40. The van der Waals surface area contributed by atoms with Crippen molar-refractivity contribution in [3.8, 4) is 23.0 Å². The Labute approximate surface area is 254 Å². The molecule has 44 heavy (non-hydrogen) atoms. The topological polar surface area (TPSA) is 48.5 Å². The quantitative estimate of drug-likeness (QED) is 0.214. The number of aromatic nitrogens is 5. The van der Waals surface area contributed by atoms with Gasteiger partial charge in [0.15, 0.2) is 11.6 Å². The molecule has 3 heterocycles. The Bertz CT molecular complexity index is 2430. The van der Waals surface area contributed by atoms with Crippen molar-refractivity contribution in [2.45, 2.75) is 12.8 Å². The molecule has 0 radical (unpaired) electrons. The lowest BCUT2D eigenvalue weighted by Gasteiger charge is -2.13. The van der Waals surface area contributed by atoms with Crippen LogP contribution in [0.2, 0.25) is 0 Å². The number of allylic oxidation sites excluding steroid dienone is 4. The number of benzene rings is 5.